The van der Waals surface area contributed by atoms with E-state index in [0.717, 1.165) is 23.0 Å². The van der Waals surface area contributed by atoms with Gasteiger partial charge in [-0.3, -0.25) is 0 Å². The van der Waals surface area contributed by atoms with Crippen LogP contribution in [0, 0.1) is 27.7 Å². The molecule has 37 heavy (non-hydrogen) atoms. The Labute approximate surface area is 222 Å². The van der Waals surface area contributed by atoms with Crippen LogP contribution in [0.2, 0.25) is 0 Å². The fourth-order valence-electron chi connectivity index (χ4n) is 4.87. The van der Waals surface area contributed by atoms with E-state index in [1.165, 1.54) is 44.6 Å². The minimum atomic E-state index is -0.162. The molecule has 2 aromatic heterocycles. The number of nitrogens with zero attached hydrogens (tertiary/aromatic N) is 4. The van der Waals surface area contributed by atoms with E-state index < -0.39 is 0 Å². The summed E-state index contributed by atoms with van der Waals surface area (Å²) in [6.45, 7) is 21.7. The van der Waals surface area contributed by atoms with Crippen molar-refractivity contribution in [2.24, 2.45) is 7.05 Å². The predicted molar refractivity (Wildman–Crippen MR) is 154 cm³/mol. The van der Waals surface area contributed by atoms with Crippen LogP contribution < -0.4 is 4.57 Å². The van der Waals surface area contributed by atoms with Crippen molar-refractivity contribution in [1.29, 1.82) is 0 Å². The van der Waals surface area contributed by atoms with Crippen molar-refractivity contribution in [2.75, 3.05) is 0 Å². The van der Waals surface area contributed by atoms with Gasteiger partial charge in [-0.05, 0) is 73.7 Å². The van der Waals surface area contributed by atoms with E-state index in [9.17, 15) is 0 Å². The van der Waals surface area contributed by atoms with Crippen LogP contribution in [0.4, 0.5) is 0 Å². The van der Waals surface area contributed by atoms with Gasteiger partial charge >= 0.3 is 0 Å². The number of benzene rings is 2. The molecule has 2 aromatic carbocycles. The van der Waals surface area contributed by atoms with E-state index in [4.69, 9.17) is 15.0 Å². The summed E-state index contributed by atoms with van der Waals surface area (Å²) in [6, 6.07) is 15.4. The van der Waals surface area contributed by atoms with E-state index in [2.05, 4.69) is 130 Å². The molecular formula is C33H41N4+. The van der Waals surface area contributed by atoms with Gasteiger partial charge in [-0.25, -0.2) is 19.5 Å². The molecule has 192 valence electrons. The summed E-state index contributed by atoms with van der Waals surface area (Å²) < 4.78 is 2.23. The molecule has 0 amide bonds. The summed E-state index contributed by atoms with van der Waals surface area (Å²) in [7, 11) is 2.13. The van der Waals surface area contributed by atoms with Gasteiger partial charge in [0.25, 0.3) is 0 Å². The maximum Gasteiger partial charge on any atom is 0.213 e. The van der Waals surface area contributed by atoms with Crippen molar-refractivity contribution in [2.45, 2.75) is 80.1 Å². The molecule has 0 aliphatic rings. The van der Waals surface area contributed by atoms with Crippen LogP contribution in [0.5, 0.6) is 0 Å². The van der Waals surface area contributed by atoms with Crippen LogP contribution in [0.15, 0.2) is 48.7 Å². The molecule has 0 saturated carbocycles. The molecule has 4 aromatic rings. The molecule has 0 radical (unpaired) electrons. The lowest BCUT2D eigenvalue weighted by Gasteiger charge is -2.23. The lowest BCUT2D eigenvalue weighted by Crippen LogP contribution is -2.31. The minimum absolute atomic E-state index is 0.162. The molecule has 4 heteroatoms. The Morgan fingerprint density at radius 1 is 0.622 bits per heavy atom. The smallest absolute Gasteiger partial charge is 0.213 e. The molecule has 0 spiro atoms. The molecule has 0 saturated heterocycles. The summed E-state index contributed by atoms with van der Waals surface area (Å²) in [6.07, 6.45) is 2.24. The van der Waals surface area contributed by atoms with Crippen molar-refractivity contribution in [3.63, 3.8) is 0 Å². The Kier molecular flexibility index (Phi) is 6.83. The number of pyridine rings is 1. The van der Waals surface area contributed by atoms with Gasteiger partial charge in [0.1, 0.15) is 18.7 Å². The Morgan fingerprint density at radius 2 is 1.16 bits per heavy atom. The molecule has 0 bridgehead atoms. The van der Waals surface area contributed by atoms with Gasteiger partial charge < -0.3 is 0 Å². The number of hydrogen-bond donors (Lipinski definition) is 0. The quantitative estimate of drug-likeness (QED) is 0.277. The zero-order valence-corrected chi connectivity index (χ0v) is 24.4. The highest BCUT2D eigenvalue weighted by atomic mass is 15.1. The fraction of sp³-hybridized carbons (Fsp3) is 0.394. The summed E-state index contributed by atoms with van der Waals surface area (Å²) >= 11 is 0. The normalized spacial score (nSPS) is 12.2. The van der Waals surface area contributed by atoms with Crippen molar-refractivity contribution < 1.29 is 4.57 Å². The van der Waals surface area contributed by atoms with Gasteiger partial charge in [-0.15, -0.1) is 0 Å². The number of rotatable bonds is 3. The van der Waals surface area contributed by atoms with E-state index >= 15 is 0 Å². The Morgan fingerprint density at radius 3 is 1.68 bits per heavy atom. The number of aryl methyl sites for hydroxylation is 5. The van der Waals surface area contributed by atoms with Gasteiger partial charge in [0.2, 0.25) is 5.69 Å². The standard InChI is InChI=1S/C33H41N4/c1-20-14-12-13-15-25(20)27-18-26(23(4)19-37(27)11)28-21(2)16-24(17-22(28)3)29-34-30(32(5,6)7)36-31(35-29)33(8,9)10/h12-19H,1-11H3/q+1. The van der Waals surface area contributed by atoms with Crippen LogP contribution >= 0.6 is 0 Å². The van der Waals surface area contributed by atoms with Crippen LogP contribution in [0.25, 0.3) is 33.8 Å². The molecule has 0 fully saturated rings. The first-order chi connectivity index (χ1) is 17.2. The average Bonchev–Trinajstić information content (AvgIpc) is 2.79. The zero-order valence-electron chi connectivity index (χ0n) is 24.4. The van der Waals surface area contributed by atoms with Crippen molar-refractivity contribution in [1.82, 2.24) is 15.0 Å². The summed E-state index contributed by atoms with van der Waals surface area (Å²) in [5, 5.41) is 0. The summed E-state index contributed by atoms with van der Waals surface area (Å²) in [5.41, 5.74) is 10.7. The highest BCUT2D eigenvalue weighted by Gasteiger charge is 2.26. The molecule has 0 unspecified atom stereocenters. The number of aromatic nitrogens is 4. The average molecular weight is 494 g/mol. The first kappa shape index (κ1) is 26.7. The first-order valence-corrected chi connectivity index (χ1v) is 13.1. The molecule has 0 N–H and O–H groups in total. The van der Waals surface area contributed by atoms with Gasteiger partial charge in [-0.2, -0.15) is 0 Å². The second-order valence-corrected chi connectivity index (χ2v) is 12.5. The molecule has 0 aliphatic heterocycles. The largest absolute Gasteiger partial charge is 0.217 e. The number of hydrogen-bond acceptors (Lipinski definition) is 3. The lowest BCUT2D eigenvalue weighted by atomic mass is 9.89. The highest BCUT2D eigenvalue weighted by Crippen LogP contribution is 2.35. The zero-order chi connectivity index (χ0) is 27.3. The lowest BCUT2D eigenvalue weighted by molar-refractivity contribution is -0.660. The third kappa shape index (κ3) is 5.34. The van der Waals surface area contributed by atoms with Crippen LogP contribution in [-0.4, -0.2) is 15.0 Å². The molecule has 0 aliphatic carbocycles. The maximum absolute atomic E-state index is 4.94. The van der Waals surface area contributed by atoms with Gasteiger partial charge in [0, 0.05) is 33.6 Å². The summed E-state index contributed by atoms with van der Waals surface area (Å²) in [4.78, 5) is 14.7. The maximum atomic E-state index is 4.94. The monoisotopic (exact) mass is 493 g/mol. The second-order valence-electron chi connectivity index (χ2n) is 12.5. The molecule has 0 atom stereocenters. The van der Waals surface area contributed by atoms with Gasteiger partial charge in [-0.1, -0.05) is 59.7 Å². The van der Waals surface area contributed by atoms with Crippen molar-refractivity contribution in [3.05, 3.63) is 82.6 Å². The first-order valence-electron chi connectivity index (χ1n) is 13.1. The van der Waals surface area contributed by atoms with Crippen molar-refractivity contribution >= 4 is 0 Å². The summed E-state index contributed by atoms with van der Waals surface area (Å²) in [5.74, 6) is 2.41. The van der Waals surface area contributed by atoms with Gasteiger partial charge in [0.15, 0.2) is 12.0 Å². The minimum Gasteiger partial charge on any atom is -0.217 e. The molecular weight excluding hydrogens is 452 g/mol. The Balaban J connectivity index is 1.89. The van der Waals surface area contributed by atoms with E-state index in [1.807, 2.05) is 0 Å². The molecule has 4 rings (SSSR count). The van der Waals surface area contributed by atoms with Crippen molar-refractivity contribution in [3.8, 4) is 33.8 Å². The highest BCUT2D eigenvalue weighted by molar-refractivity contribution is 5.79. The van der Waals surface area contributed by atoms with E-state index in [-0.39, 0.29) is 10.8 Å². The van der Waals surface area contributed by atoms with E-state index in [0.29, 0.717) is 0 Å². The second kappa shape index (κ2) is 9.48. The third-order valence-corrected chi connectivity index (χ3v) is 6.93. The van der Waals surface area contributed by atoms with Crippen LogP contribution in [-0.2, 0) is 17.9 Å². The Bertz CT molecular complexity index is 1430. The Hall–Kier alpha value is -3.40. The van der Waals surface area contributed by atoms with Crippen LogP contribution in [0.1, 0.15) is 75.4 Å². The third-order valence-electron chi connectivity index (χ3n) is 6.93. The van der Waals surface area contributed by atoms with Gasteiger partial charge in [0.05, 0.1) is 0 Å². The predicted octanol–water partition coefficient (Wildman–Crippen LogP) is 7.53. The SMILES string of the molecule is Cc1c[n+](C)c(-c2ccccc2C)cc1-c1c(C)cc(-c2nc(C(C)(C)C)nc(C(C)(C)C)n2)cc1C. The fourth-order valence-corrected chi connectivity index (χ4v) is 4.87. The molecule has 2 heterocycles. The van der Waals surface area contributed by atoms with E-state index in [1.54, 1.807) is 0 Å². The topological polar surface area (TPSA) is 42.5 Å². The van der Waals surface area contributed by atoms with Crippen LogP contribution in [0.3, 0.4) is 0 Å². The molecule has 4 nitrogen and oxygen atoms in total.